The Hall–Kier alpha value is 4.24. The second kappa shape index (κ2) is 139. The summed E-state index contributed by atoms with van der Waals surface area (Å²) in [6.45, 7) is 0. The Balaban J connectivity index is 0. The summed E-state index contributed by atoms with van der Waals surface area (Å²) in [5.41, 5.74) is 0. The SMILES string of the molecule is O.O.O.O.[OH3+].[Ta].[Ta].[Ta].[Ta].[Ta].[Ta]. The summed E-state index contributed by atoms with van der Waals surface area (Å²) in [5.74, 6) is 0. The first kappa shape index (κ1) is 172. The zero-order valence-electron chi connectivity index (χ0n) is 5.26. The molecule has 0 rings (SSSR count). The summed E-state index contributed by atoms with van der Waals surface area (Å²) < 4.78 is 0. The molecule has 0 aliphatic rings. The number of hydrogen-bond acceptors (Lipinski definition) is 0. The summed E-state index contributed by atoms with van der Waals surface area (Å²) >= 11 is 0. The van der Waals surface area contributed by atoms with Gasteiger partial charge in [0.2, 0.25) is 0 Å². The van der Waals surface area contributed by atoms with E-state index in [9.17, 15) is 0 Å². The van der Waals surface area contributed by atoms with Gasteiger partial charge in [0.05, 0.1) is 0 Å². The van der Waals surface area contributed by atoms with Crippen molar-refractivity contribution in [2.75, 3.05) is 0 Å². The van der Waals surface area contributed by atoms with Crippen LogP contribution in [0.1, 0.15) is 0 Å². The van der Waals surface area contributed by atoms with Crippen LogP contribution in [-0.2, 0) is 140 Å². The molecule has 11 heavy (non-hydrogen) atoms. The van der Waals surface area contributed by atoms with E-state index in [-0.39, 0.29) is 162 Å². The van der Waals surface area contributed by atoms with E-state index in [1.165, 1.54) is 0 Å². The van der Waals surface area contributed by atoms with Crippen molar-refractivity contribution in [1.29, 1.82) is 0 Å². The third-order valence-corrected chi connectivity index (χ3v) is 0. The summed E-state index contributed by atoms with van der Waals surface area (Å²) in [7, 11) is 0. The van der Waals surface area contributed by atoms with Crippen molar-refractivity contribution in [3.63, 3.8) is 0 Å². The number of hydrogen-bond donors (Lipinski definition) is 0. The second-order valence-electron chi connectivity index (χ2n) is 0. The van der Waals surface area contributed by atoms with E-state index in [2.05, 4.69) is 0 Å². The van der Waals surface area contributed by atoms with Gasteiger partial charge in [-0.2, -0.15) is 0 Å². The minimum Gasteiger partial charge on any atom is -0.457 e. The van der Waals surface area contributed by atoms with Crippen LogP contribution in [0.25, 0.3) is 0 Å². The first-order valence-electron chi connectivity index (χ1n) is 0. The Labute approximate surface area is 159 Å². The molecule has 0 spiro atoms. The van der Waals surface area contributed by atoms with Gasteiger partial charge in [0.25, 0.3) is 0 Å². The standard InChI is InChI=1S/5H2O.6Ta/h5*1H2;;;;;;/p+1. The van der Waals surface area contributed by atoms with Gasteiger partial charge in [0.1, 0.15) is 0 Å². The van der Waals surface area contributed by atoms with Crippen LogP contribution in [-0.4, -0.2) is 21.9 Å². The van der Waals surface area contributed by atoms with Crippen molar-refractivity contribution in [3.05, 3.63) is 0 Å². The van der Waals surface area contributed by atoms with Crippen molar-refractivity contribution in [1.82, 2.24) is 0 Å². The van der Waals surface area contributed by atoms with Crippen LogP contribution in [0.4, 0.5) is 0 Å². The Bertz CT molecular complexity index is 10.9. The maximum Gasteiger partial charge on any atom is 0 e. The molecule has 6 radical (unpaired) electrons. The maximum atomic E-state index is 0. The molecule has 70 valence electrons. The van der Waals surface area contributed by atoms with E-state index in [1.54, 1.807) is 0 Å². The fourth-order valence-electron chi connectivity index (χ4n) is 0. The minimum absolute atomic E-state index is 0. The molecule has 0 aliphatic heterocycles. The first-order valence-corrected chi connectivity index (χ1v) is 0. The van der Waals surface area contributed by atoms with Crippen LogP contribution in [0.2, 0.25) is 0 Å². The quantitative estimate of drug-likeness (QED) is 0.216. The van der Waals surface area contributed by atoms with E-state index in [4.69, 9.17) is 0 Å². The van der Waals surface area contributed by atoms with Gasteiger partial charge >= 0.3 is 0 Å². The molecule has 0 saturated carbocycles. The molecule has 0 unspecified atom stereocenters. The fraction of sp³-hybridized carbons (Fsp3) is 0. The Morgan fingerprint density at radius 3 is 0.273 bits per heavy atom. The van der Waals surface area contributed by atoms with Gasteiger partial charge < -0.3 is 27.4 Å². The summed E-state index contributed by atoms with van der Waals surface area (Å²) in [4.78, 5) is 0. The zero-order chi connectivity index (χ0) is 0. The van der Waals surface area contributed by atoms with Gasteiger partial charge in [-0.3, -0.25) is 0 Å². The van der Waals surface area contributed by atoms with Gasteiger partial charge in [0.15, 0.2) is 0 Å². The van der Waals surface area contributed by atoms with E-state index in [1.807, 2.05) is 0 Å². The van der Waals surface area contributed by atoms with Gasteiger partial charge in [-0.25, -0.2) is 0 Å². The molecule has 0 bridgehead atoms. The molecule has 11 heteroatoms. The Morgan fingerprint density at radius 2 is 0.273 bits per heavy atom. The molecule has 0 amide bonds. The van der Waals surface area contributed by atoms with Crippen LogP contribution in [0.5, 0.6) is 0 Å². The summed E-state index contributed by atoms with van der Waals surface area (Å²) in [5, 5.41) is 0. The molecule has 0 aromatic heterocycles. The van der Waals surface area contributed by atoms with Crippen molar-refractivity contribution >= 4 is 0 Å². The Morgan fingerprint density at radius 1 is 0.273 bits per heavy atom. The van der Waals surface area contributed by atoms with Crippen LogP contribution in [0.3, 0.4) is 0 Å². The third-order valence-electron chi connectivity index (χ3n) is 0. The van der Waals surface area contributed by atoms with E-state index >= 15 is 0 Å². The monoisotopic (exact) mass is 1180 g/mol. The Kier molecular flexibility index (Phi) is 2170. The molecule has 0 aromatic carbocycles. The van der Waals surface area contributed by atoms with Gasteiger partial charge in [0, 0.05) is 134 Å². The predicted molar refractivity (Wildman–Crippen MR) is 19.3 cm³/mol. The van der Waals surface area contributed by atoms with Gasteiger partial charge in [-0.1, -0.05) is 0 Å². The molecule has 11 N–H and O–H groups in total. The molecule has 0 aromatic rings. The first-order chi connectivity index (χ1) is 0. The topological polar surface area (TPSA) is 159 Å². The van der Waals surface area contributed by atoms with Crippen molar-refractivity contribution in [2.24, 2.45) is 0 Å². The van der Waals surface area contributed by atoms with Gasteiger partial charge in [-0.15, -0.1) is 0 Å². The average Bonchev–Trinajstić information content (AvgIpc) is 0. The largest absolute Gasteiger partial charge is 0.457 e. The molecular weight excluding hydrogens is 1170 g/mol. The van der Waals surface area contributed by atoms with E-state index in [0.717, 1.165) is 0 Å². The minimum atomic E-state index is 0. The maximum absolute atomic E-state index is 0. The molecule has 0 atom stereocenters. The summed E-state index contributed by atoms with van der Waals surface area (Å²) in [6.07, 6.45) is 0. The molecular formula is H11O5Ta6+. The third kappa shape index (κ3) is 119. The molecule has 0 heterocycles. The molecule has 5 nitrogen and oxygen atoms in total. The van der Waals surface area contributed by atoms with Crippen LogP contribution in [0, 0.1) is 0 Å². The van der Waals surface area contributed by atoms with E-state index in [0.29, 0.717) is 0 Å². The smallest absolute Gasteiger partial charge is 0 e. The van der Waals surface area contributed by atoms with Crippen LogP contribution < -0.4 is 0 Å². The molecule has 0 aliphatic carbocycles. The van der Waals surface area contributed by atoms with E-state index < -0.39 is 0 Å². The number of rotatable bonds is 0. The second-order valence-corrected chi connectivity index (χ2v) is 0. The van der Waals surface area contributed by atoms with Crippen molar-refractivity contribution < 1.29 is 162 Å². The molecule has 0 saturated heterocycles. The van der Waals surface area contributed by atoms with Crippen molar-refractivity contribution in [3.8, 4) is 0 Å². The summed E-state index contributed by atoms with van der Waals surface area (Å²) in [6, 6.07) is 0. The van der Waals surface area contributed by atoms with Gasteiger partial charge in [-0.05, 0) is 0 Å². The predicted octanol–water partition coefficient (Wildman–Crippen LogP) is -4.24. The van der Waals surface area contributed by atoms with Crippen molar-refractivity contribution in [2.45, 2.75) is 0 Å². The van der Waals surface area contributed by atoms with Crippen LogP contribution in [0.15, 0.2) is 0 Å². The normalized spacial score (nSPS) is 0. The van der Waals surface area contributed by atoms with Crippen LogP contribution >= 0.6 is 0 Å². The average molecular weight is 1180 g/mol. The fourth-order valence-corrected chi connectivity index (χ4v) is 0. The zero-order valence-corrected chi connectivity index (χ0v) is 24.5. The molecule has 0 fully saturated rings.